The molecule has 1 aliphatic carbocycles. The summed E-state index contributed by atoms with van der Waals surface area (Å²) >= 11 is 0. The van der Waals surface area contributed by atoms with Crippen LogP contribution < -0.4 is 29.6 Å². The van der Waals surface area contributed by atoms with Gasteiger partial charge >= 0.3 is 0 Å². The van der Waals surface area contributed by atoms with E-state index >= 15 is 0 Å². The molecule has 0 unspecified atom stereocenters. The van der Waals surface area contributed by atoms with E-state index in [1.807, 2.05) is 78.9 Å². The summed E-state index contributed by atoms with van der Waals surface area (Å²) in [5.41, 5.74) is 1.13. The molecule has 3 aromatic carbocycles. The predicted octanol–water partition coefficient (Wildman–Crippen LogP) is 6.35. The number of hydrogen-bond donors (Lipinski definition) is 2. The third-order valence-electron chi connectivity index (χ3n) is 8.96. The van der Waals surface area contributed by atoms with Crippen LogP contribution in [-0.2, 0) is 35.1 Å². The minimum atomic E-state index is -0.234. The number of rotatable bonds is 17. The Kier molecular flexibility index (Phi) is 17.2. The lowest BCUT2D eigenvalue weighted by Gasteiger charge is -2.29. The number of amides is 2. The smallest absolute Gasteiger partial charge is 0.216 e. The van der Waals surface area contributed by atoms with Gasteiger partial charge in [-0.25, -0.2) is 0 Å². The SMILES string of the molecule is CC(=O)NCCC[C@H]1OC[C@H](Oc2ccc(OC3CCCC3)cc2)CO1.CC(=O)NCCC[C@H]1OC[C@H](Oc2ccc(OCc3ccccc3)cc2)CO1. The second-order valence-corrected chi connectivity index (χ2v) is 13.7. The molecule has 0 atom stereocenters. The number of carbonyl (C=O) groups is 2. The van der Waals surface area contributed by atoms with Crippen molar-refractivity contribution >= 4 is 11.8 Å². The average molecular weight is 749 g/mol. The number of carbonyl (C=O) groups excluding carboxylic acids is 2. The Morgan fingerprint density at radius 1 is 0.574 bits per heavy atom. The molecule has 1 saturated carbocycles. The number of hydrogen-bond acceptors (Lipinski definition) is 10. The standard InChI is InChI=1S/C22H27NO5.C20H29NO5/c1-17(24)23-13-5-8-22-26-15-21(16-27-22)28-20-11-9-19(10-12-20)25-14-18-6-3-2-4-7-18;1-15(22)21-12-4-7-20-23-13-19(14-24-20)26-18-10-8-17(9-11-18)25-16-5-2-3-6-16/h2-4,6-7,9-12,21-22H,5,8,13-16H2,1H3,(H,23,24);8-11,16,19-20H,2-7,12-14H2,1H3,(H,21,22)/t21-,22-;19-,20-. The maximum absolute atomic E-state index is 10.8. The molecule has 54 heavy (non-hydrogen) atoms. The molecule has 2 amide bonds. The molecular formula is C42H56N2O10. The highest BCUT2D eigenvalue weighted by Gasteiger charge is 2.25. The summed E-state index contributed by atoms with van der Waals surface area (Å²) in [6.45, 7) is 6.82. The van der Waals surface area contributed by atoms with Gasteiger partial charge in [-0.15, -0.1) is 0 Å². The lowest BCUT2D eigenvalue weighted by atomic mass is 10.2. The van der Waals surface area contributed by atoms with Crippen LogP contribution in [0.25, 0.3) is 0 Å². The van der Waals surface area contributed by atoms with Crippen molar-refractivity contribution in [3.63, 3.8) is 0 Å². The van der Waals surface area contributed by atoms with Crippen LogP contribution in [0.15, 0.2) is 78.9 Å². The molecule has 294 valence electrons. The molecule has 6 rings (SSSR count). The topological polar surface area (TPSA) is 132 Å². The lowest BCUT2D eigenvalue weighted by molar-refractivity contribution is -0.213. The summed E-state index contributed by atoms with van der Waals surface area (Å²) in [6, 6.07) is 25.4. The maximum atomic E-state index is 10.8. The summed E-state index contributed by atoms with van der Waals surface area (Å²) in [4.78, 5) is 21.7. The van der Waals surface area contributed by atoms with Gasteiger partial charge in [0.2, 0.25) is 11.8 Å². The molecule has 0 aromatic heterocycles. The zero-order valence-corrected chi connectivity index (χ0v) is 31.6. The van der Waals surface area contributed by atoms with E-state index < -0.39 is 0 Å². The van der Waals surface area contributed by atoms with E-state index in [-0.39, 0.29) is 36.6 Å². The van der Waals surface area contributed by atoms with Gasteiger partial charge in [-0.2, -0.15) is 0 Å². The summed E-state index contributed by atoms with van der Waals surface area (Å²) in [5.74, 6) is 3.23. The minimum Gasteiger partial charge on any atom is -0.490 e. The van der Waals surface area contributed by atoms with E-state index in [4.69, 9.17) is 37.9 Å². The molecule has 3 aromatic rings. The van der Waals surface area contributed by atoms with Gasteiger partial charge in [0.1, 0.15) is 41.8 Å². The van der Waals surface area contributed by atoms with Crippen molar-refractivity contribution in [2.75, 3.05) is 39.5 Å². The summed E-state index contributed by atoms with van der Waals surface area (Å²) in [6.07, 6.45) is 7.67. The van der Waals surface area contributed by atoms with Gasteiger partial charge in [0.25, 0.3) is 0 Å². The fourth-order valence-electron chi connectivity index (χ4n) is 6.12. The molecule has 2 saturated heterocycles. The van der Waals surface area contributed by atoms with Gasteiger partial charge in [-0.3, -0.25) is 9.59 Å². The van der Waals surface area contributed by atoms with Crippen molar-refractivity contribution in [3.05, 3.63) is 84.4 Å². The molecule has 2 heterocycles. The van der Waals surface area contributed by atoms with Gasteiger partial charge in [0.15, 0.2) is 12.6 Å². The van der Waals surface area contributed by atoms with Crippen molar-refractivity contribution in [1.29, 1.82) is 0 Å². The van der Waals surface area contributed by atoms with Crippen LogP contribution in [0, 0.1) is 0 Å². The first-order valence-corrected chi connectivity index (χ1v) is 19.2. The van der Waals surface area contributed by atoms with Crippen molar-refractivity contribution < 1.29 is 47.5 Å². The first kappa shape index (κ1) is 40.8. The Balaban J connectivity index is 0.000000208. The van der Waals surface area contributed by atoms with Gasteiger partial charge in [-0.1, -0.05) is 30.3 Å². The van der Waals surface area contributed by atoms with Crippen molar-refractivity contribution in [2.45, 2.75) is 103 Å². The van der Waals surface area contributed by atoms with Crippen molar-refractivity contribution in [2.24, 2.45) is 0 Å². The zero-order chi connectivity index (χ0) is 37.8. The van der Waals surface area contributed by atoms with E-state index in [0.29, 0.717) is 52.2 Å². The molecule has 2 N–H and O–H groups in total. The normalized spacial score (nSPS) is 21.2. The van der Waals surface area contributed by atoms with Crippen LogP contribution in [0.2, 0.25) is 0 Å². The first-order valence-electron chi connectivity index (χ1n) is 19.2. The third kappa shape index (κ3) is 15.5. The molecule has 12 nitrogen and oxygen atoms in total. The van der Waals surface area contributed by atoms with E-state index in [2.05, 4.69) is 10.6 Å². The molecular weight excluding hydrogens is 692 g/mol. The predicted molar refractivity (Wildman–Crippen MR) is 203 cm³/mol. The quantitative estimate of drug-likeness (QED) is 0.151. The van der Waals surface area contributed by atoms with Gasteiger partial charge < -0.3 is 48.5 Å². The van der Waals surface area contributed by atoms with Crippen LogP contribution in [0.1, 0.15) is 70.8 Å². The highest BCUT2D eigenvalue weighted by Crippen LogP contribution is 2.27. The Labute approximate surface area is 319 Å². The Hall–Kier alpha value is -4.36. The van der Waals surface area contributed by atoms with Gasteiger partial charge in [0.05, 0.1) is 32.5 Å². The van der Waals surface area contributed by atoms with Crippen LogP contribution in [-0.4, -0.2) is 82.2 Å². The van der Waals surface area contributed by atoms with Crippen LogP contribution in [0.3, 0.4) is 0 Å². The van der Waals surface area contributed by atoms with Crippen LogP contribution >= 0.6 is 0 Å². The monoisotopic (exact) mass is 748 g/mol. The molecule has 0 spiro atoms. The van der Waals surface area contributed by atoms with Crippen molar-refractivity contribution in [3.8, 4) is 23.0 Å². The Morgan fingerprint density at radius 3 is 1.41 bits per heavy atom. The van der Waals surface area contributed by atoms with Crippen LogP contribution in [0.4, 0.5) is 0 Å². The molecule has 3 aliphatic rings. The second kappa shape index (κ2) is 22.8. The van der Waals surface area contributed by atoms with E-state index in [1.54, 1.807) is 0 Å². The Morgan fingerprint density at radius 2 is 0.981 bits per heavy atom. The third-order valence-corrected chi connectivity index (χ3v) is 8.96. The van der Waals surface area contributed by atoms with Gasteiger partial charge in [0, 0.05) is 39.8 Å². The summed E-state index contributed by atoms with van der Waals surface area (Å²) < 4.78 is 46.4. The first-order chi connectivity index (χ1) is 26.4. The molecule has 0 bridgehead atoms. The Bertz CT molecular complexity index is 1490. The minimum absolute atomic E-state index is 0.0106. The maximum Gasteiger partial charge on any atom is 0.216 e. The number of benzene rings is 3. The average Bonchev–Trinajstić information content (AvgIpc) is 3.71. The summed E-state index contributed by atoms with van der Waals surface area (Å²) in [5, 5.41) is 5.53. The molecule has 3 fully saturated rings. The molecule has 12 heteroatoms. The fraction of sp³-hybridized carbons (Fsp3) is 0.524. The number of ether oxygens (including phenoxy) is 8. The van der Waals surface area contributed by atoms with Gasteiger partial charge in [-0.05, 0) is 92.6 Å². The van der Waals surface area contributed by atoms with E-state index in [9.17, 15) is 9.59 Å². The highest BCUT2D eigenvalue weighted by atomic mass is 16.7. The lowest BCUT2D eigenvalue weighted by Crippen LogP contribution is -2.39. The second-order valence-electron chi connectivity index (χ2n) is 13.7. The number of nitrogens with one attached hydrogen (secondary N) is 2. The van der Waals surface area contributed by atoms with Crippen LogP contribution in [0.5, 0.6) is 23.0 Å². The summed E-state index contributed by atoms with van der Waals surface area (Å²) in [7, 11) is 0. The fourth-order valence-corrected chi connectivity index (χ4v) is 6.12. The highest BCUT2D eigenvalue weighted by molar-refractivity contribution is 5.73. The molecule has 0 radical (unpaired) electrons. The van der Waals surface area contributed by atoms with E-state index in [1.165, 1.54) is 26.7 Å². The molecule has 2 aliphatic heterocycles. The zero-order valence-electron chi connectivity index (χ0n) is 31.6. The van der Waals surface area contributed by atoms with E-state index in [0.717, 1.165) is 67.1 Å². The van der Waals surface area contributed by atoms with Crippen molar-refractivity contribution in [1.82, 2.24) is 10.6 Å². The largest absolute Gasteiger partial charge is 0.490 e.